The predicted molar refractivity (Wildman–Crippen MR) is 89.3 cm³/mol. The number of benzene rings is 1. The number of para-hydroxylation sites is 1. The average molecular weight is 333 g/mol. The highest BCUT2D eigenvalue weighted by molar-refractivity contribution is 6.01. The van der Waals surface area contributed by atoms with Crippen molar-refractivity contribution in [3.05, 3.63) is 42.5 Å². The lowest BCUT2D eigenvalue weighted by Gasteiger charge is -2.47. The minimum Gasteiger partial charge on any atom is -0.468 e. The first-order chi connectivity index (χ1) is 11.4. The van der Waals surface area contributed by atoms with E-state index < -0.39 is 29.5 Å². The number of esters is 2. The van der Waals surface area contributed by atoms with Crippen molar-refractivity contribution >= 4 is 17.6 Å². The molecule has 1 fully saturated rings. The van der Waals surface area contributed by atoms with E-state index in [1.165, 1.54) is 14.2 Å². The molecular formula is C18H23NO5. The minimum absolute atomic E-state index is 0.111. The van der Waals surface area contributed by atoms with E-state index in [9.17, 15) is 9.59 Å². The molecule has 1 aliphatic heterocycles. The van der Waals surface area contributed by atoms with Gasteiger partial charge in [-0.2, -0.15) is 0 Å². The fourth-order valence-electron chi connectivity index (χ4n) is 3.12. The lowest BCUT2D eigenvalue weighted by molar-refractivity contribution is -0.182. The maximum absolute atomic E-state index is 12.6. The highest BCUT2D eigenvalue weighted by Crippen LogP contribution is 2.42. The van der Waals surface area contributed by atoms with Gasteiger partial charge in [-0.1, -0.05) is 24.3 Å². The SMILES string of the molecule is C=CC1CC(C(=O)OC)(C(=O)OC)C(C)N(c2ccccc2C)O1. The van der Waals surface area contributed by atoms with Crippen molar-refractivity contribution in [1.29, 1.82) is 0 Å². The number of hydrogen-bond acceptors (Lipinski definition) is 6. The van der Waals surface area contributed by atoms with Crippen molar-refractivity contribution in [3.8, 4) is 0 Å². The summed E-state index contributed by atoms with van der Waals surface area (Å²) >= 11 is 0. The first kappa shape index (κ1) is 18.0. The zero-order valence-corrected chi connectivity index (χ0v) is 14.4. The number of nitrogens with zero attached hydrogens (tertiary/aromatic N) is 1. The number of hydrogen-bond donors (Lipinski definition) is 0. The molecule has 1 aromatic rings. The van der Waals surface area contributed by atoms with Crippen LogP contribution in [0.2, 0.25) is 0 Å². The topological polar surface area (TPSA) is 65.1 Å². The zero-order chi connectivity index (χ0) is 17.9. The molecule has 1 aliphatic rings. The van der Waals surface area contributed by atoms with Gasteiger partial charge in [0, 0.05) is 6.42 Å². The molecule has 2 unspecified atom stereocenters. The fourth-order valence-corrected chi connectivity index (χ4v) is 3.12. The van der Waals surface area contributed by atoms with Crippen molar-refractivity contribution in [2.24, 2.45) is 5.41 Å². The van der Waals surface area contributed by atoms with Crippen molar-refractivity contribution < 1.29 is 23.9 Å². The lowest BCUT2D eigenvalue weighted by Crippen LogP contribution is -2.62. The molecule has 0 aromatic heterocycles. The molecule has 1 saturated heterocycles. The maximum Gasteiger partial charge on any atom is 0.325 e. The Bertz CT molecular complexity index is 626. The summed E-state index contributed by atoms with van der Waals surface area (Å²) in [6.45, 7) is 7.42. The molecule has 0 bridgehead atoms. The second-order valence-corrected chi connectivity index (χ2v) is 5.83. The van der Waals surface area contributed by atoms with E-state index in [0.29, 0.717) is 0 Å². The Balaban J connectivity index is 2.59. The van der Waals surface area contributed by atoms with E-state index in [1.54, 1.807) is 18.1 Å². The molecule has 0 spiro atoms. The van der Waals surface area contributed by atoms with Crippen LogP contribution < -0.4 is 5.06 Å². The Labute approximate surface area is 141 Å². The second kappa shape index (κ2) is 7.05. The highest BCUT2D eigenvalue weighted by atomic mass is 16.7. The van der Waals surface area contributed by atoms with Crippen LogP contribution in [0.5, 0.6) is 0 Å². The van der Waals surface area contributed by atoms with Crippen LogP contribution in [0.4, 0.5) is 5.69 Å². The number of carbonyl (C=O) groups excluding carboxylic acids is 2. The summed E-state index contributed by atoms with van der Waals surface area (Å²) in [5.74, 6) is -1.29. The van der Waals surface area contributed by atoms with Gasteiger partial charge in [0.2, 0.25) is 0 Å². The number of anilines is 1. The first-order valence-electron chi connectivity index (χ1n) is 7.73. The van der Waals surface area contributed by atoms with E-state index in [1.807, 2.05) is 31.2 Å². The van der Waals surface area contributed by atoms with Crippen LogP contribution in [-0.4, -0.2) is 38.3 Å². The molecule has 6 heteroatoms. The molecule has 2 atom stereocenters. The van der Waals surface area contributed by atoms with Crippen LogP contribution in [0.1, 0.15) is 18.9 Å². The molecule has 0 N–H and O–H groups in total. The molecule has 1 heterocycles. The normalized spacial score (nSPS) is 22.6. The van der Waals surface area contributed by atoms with Gasteiger partial charge in [0.05, 0.1) is 25.9 Å². The number of hydroxylamine groups is 1. The van der Waals surface area contributed by atoms with Crippen molar-refractivity contribution in [2.45, 2.75) is 32.4 Å². The summed E-state index contributed by atoms with van der Waals surface area (Å²) in [5, 5.41) is 1.58. The molecule has 0 amide bonds. The van der Waals surface area contributed by atoms with Crippen molar-refractivity contribution in [3.63, 3.8) is 0 Å². The van der Waals surface area contributed by atoms with E-state index in [0.717, 1.165) is 11.3 Å². The number of carbonyl (C=O) groups is 2. The van der Waals surface area contributed by atoms with Crippen LogP contribution in [-0.2, 0) is 23.9 Å². The molecule has 1 aromatic carbocycles. The third-order valence-electron chi connectivity index (χ3n) is 4.55. The smallest absolute Gasteiger partial charge is 0.325 e. The summed E-state index contributed by atoms with van der Waals surface area (Å²) in [6.07, 6.45) is 1.15. The zero-order valence-electron chi connectivity index (χ0n) is 14.4. The summed E-state index contributed by atoms with van der Waals surface area (Å²) in [6, 6.07) is 6.97. The lowest BCUT2D eigenvalue weighted by atomic mass is 9.74. The van der Waals surface area contributed by atoms with Gasteiger partial charge in [-0.15, -0.1) is 6.58 Å². The van der Waals surface area contributed by atoms with Crippen molar-refractivity contribution in [2.75, 3.05) is 19.3 Å². The highest BCUT2D eigenvalue weighted by Gasteiger charge is 2.59. The molecule has 0 aliphatic carbocycles. The average Bonchev–Trinajstić information content (AvgIpc) is 2.61. The van der Waals surface area contributed by atoms with Gasteiger partial charge in [-0.3, -0.25) is 14.4 Å². The van der Waals surface area contributed by atoms with Gasteiger partial charge >= 0.3 is 11.9 Å². The molecule has 0 radical (unpaired) electrons. The van der Waals surface area contributed by atoms with E-state index in [2.05, 4.69) is 6.58 Å². The van der Waals surface area contributed by atoms with Crippen LogP contribution in [0.15, 0.2) is 36.9 Å². The Kier molecular flexibility index (Phi) is 5.29. The van der Waals surface area contributed by atoms with E-state index in [4.69, 9.17) is 14.3 Å². The maximum atomic E-state index is 12.6. The Morgan fingerprint density at radius 1 is 1.29 bits per heavy atom. The summed E-state index contributed by atoms with van der Waals surface area (Å²) in [5.41, 5.74) is 0.231. The van der Waals surface area contributed by atoms with E-state index in [-0.39, 0.29) is 6.42 Å². The minimum atomic E-state index is -1.50. The summed E-state index contributed by atoms with van der Waals surface area (Å²) < 4.78 is 9.87. The standard InChI is InChI=1S/C18H23NO5/c1-6-14-11-18(16(20)22-4,17(21)23-5)13(3)19(24-14)15-10-8-7-9-12(15)2/h6-10,13-14H,1,11H2,2-5H3. The molecular weight excluding hydrogens is 310 g/mol. The van der Waals surface area contributed by atoms with Gasteiger partial charge in [0.1, 0.15) is 6.10 Å². The number of ether oxygens (including phenoxy) is 2. The van der Waals surface area contributed by atoms with Crippen LogP contribution in [0.25, 0.3) is 0 Å². The molecule has 0 saturated carbocycles. The molecule has 130 valence electrons. The third kappa shape index (κ3) is 2.78. The van der Waals surface area contributed by atoms with E-state index >= 15 is 0 Å². The number of rotatable bonds is 4. The Hall–Kier alpha value is -2.34. The molecule has 6 nitrogen and oxygen atoms in total. The summed E-state index contributed by atoms with van der Waals surface area (Å²) in [7, 11) is 2.52. The van der Waals surface area contributed by atoms with Crippen LogP contribution in [0.3, 0.4) is 0 Å². The Morgan fingerprint density at radius 3 is 2.38 bits per heavy atom. The second-order valence-electron chi connectivity index (χ2n) is 5.83. The van der Waals surface area contributed by atoms with Crippen LogP contribution in [0, 0.1) is 12.3 Å². The predicted octanol–water partition coefficient (Wildman–Crippen LogP) is 2.41. The quantitative estimate of drug-likeness (QED) is 0.479. The number of aryl methyl sites for hydroxylation is 1. The molecule has 2 rings (SSSR count). The van der Waals surface area contributed by atoms with Crippen LogP contribution >= 0.6 is 0 Å². The van der Waals surface area contributed by atoms with Gasteiger partial charge in [0.15, 0.2) is 5.41 Å². The van der Waals surface area contributed by atoms with Gasteiger partial charge in [-0.05, 0) is 25.5 Å². The fraction of sp³-hybridized carbons (Fsp3) is 0.444. The van der Waals surface area contributed by atoms with Gasteiger partial charge in [-0.25, -0.2) is 5.06 Å². The first-order valence-corrected chi connectivity index (χ1v) is 7.73. The largest absolute Gasteiger partial charge is 0.468 e. The van der Waals surface area contributed by atoms with Gasteiger partial charge in [0.25, 0.3) is 0 Å². The van der Waals surface area contributed by atoms with Gasteiger partial charge < -0.3 is 9.47 Å². The monoisotopic (exact) mass is 333 g/mol. The Morgan fingerprint density at radius 2 is 1.88 bits per heavy atom. The third-order valence-corrected chi connectivity index (χ3v) is 4.55. The number of methoxy groups -OCH3 is 2. The summed E-state index contributed by atoms with van der Waals surface area (Å²) in [4.78, 5) is 31.1. The molecule has 24 heavy (non-hydrogen) atoms. The van der Waals surface area contributed by atoms with Crippen molar-refractivity contribution in [1.82, 2.24) is 0 Å².